The van der Waals surface area contributed by atoms with Gasteiger partial charge in [-0.25, -0.2) is 0 Å². The summed E-state index contributed by atoms with van der Waals surface area (Å²) in [6, 6.07) is 6.38. The number of ether oxygens (including phenoxy) is 1. The van der Waals surface area contributed by atoms with Crippen molar-refractivity contribution in [2.75, 3.05) is 20.3 Å². The van der Waals surface area contributed by atoms with Crippen LogP contribution < -0.4 is 10.5 Å². The maximum Gasteiger partial charge on any atom is 0.260 e. The first-order valence-electron chi connectivity index (χ1n) is 6.07. The number of para-hydroxylation sites is 1. The SMILES string of the molecule is CC(CO)N(C)C(=O)COc1ccccc1/C(N)=N/O. The number of rotatable bonds is 6. The van der Waals surface area contributed by atoms with Crippen molar-refractivity contribution < 1.29 is 19.8 Å². The molecule has 1 rings (SSSR count). The molecule has 1 unspecified atom stereocenters. The Morgan fingerprint density at radius 1 is 1.50 bits per heavy atom. The summed E-state index contributed by atoms with van der Waals surface area (Å²) in [6.45, 7) is 1.40. The molecule has 0 aliphatic carbocycles. The average Bonchev–Trinajstić information content (AvgIpc) is 2.50. The minimum Gasteiger partial charge on any atom is -0.483 e. The lowest BCUT2D eigenvalue weighted by molar-refractivity contribution is -0.134. The monoisotopic (exact) mass is 281 g/mol. The summed E-state index contributed by atoms with van der Waals surface area (Å²) in [5, 5.41) is 20.6. The third kappa shape index (κ3) is 3.86. The minimum atomic E-state index is -0.287. The van der Waals surface area contributed by atoms with Crippen LogP contribution in [0.15, 0.2) is 29.4 Å². The smallest absolute Gasteiger partial charge is 0.260 e. The predicted molar refractivity (Wildman–Crippen MR) is 73.8 cm³/mol. The number of hydrogen-bond acceptors (Lipinski definition) is 5. The number of carbonyl (C=O) groups excluding carboxylic acids is 1. The van der Waals surface area contributed by atoms with E-state index in [2.05, 4.69) is 5.16 Å². The summed E-state index contributed by atoms with van der Waals surface area (Å²) in [5.74, 6) is -0.0211. The third-order valence-electron chi connectivity index (χ3n) is 2.94. The van der Waals surface area contributed by atoms with E-state index in [0.717, 1.165) is 0 Å². The third-order valence-corrected chi connectivity index (χ3v) is 2.94. The molecule has 1 aromatic rings. The lowest BCUT2D eigenvalue weighted by Gasteiger charge is -2.23. The molecule has 1 aromatic carbocycles. The lowest BCUT2D eigenvalue weighted by Crippen LogP contribution is -2.40. The van der Waals surface area contributed by atoms with Crippen molar-refractivity contribution in [1.82, 2.24) is 4.90 Å². The van der Waals surface area contributed by atoms with Crippen LogP contribution in [0, 0.1) is 0 Å². The van der Waals surface area contributed by atoms with Gasteiger partial charge in [0.25, 0.3) is 5.91 Å². The van der Waals surface area contributed by atoms with Crippen molar-refractivity contribution in [2.45, 2.75) is 13.0 Å². The molecule has 1 atom stereocenters. The van der Waals surface area contributed by atoms with Gasteiger partial charge in [-0.05, 0) is 19.1 Å². The normalized spacial score (nSPS) is 12.8. The summed E-state index contributed by atoms with van der Waals surface area (Å²) in [6.07, 6.45) is 0. The minimum absolute atomic E-state index is 0.0925. The van der Waals surface area contributed by atoms with E-state index in [-0.39, 0.29) is 31.0 Å². The van der Waals surface area contributed by atoms with Gasteiger partial charge in [0.2, 0.25) is 0 Å². The Labute approximate surface area is 117 Å². The van der Waals surface area contributed by atoms with Gasteiger partial charge in [0.1, 0.15) is 5.75 Å². The van der Waals surface area contributed by atoms with E-state index in [1.807, 2.05) is 0 Å². The maximum absolute atomic E-state index is 11.8. The Morgan fingerprint density at radius 3 is 2.75 bits per heavy atom. The van der Waals surface area contributed by atoms with Crippen molar-refractivity contribution in [3.63, 3.8) is 0 Å². The first-order chi connectivity index (χ1) is 9.51. The van der Waals surface area contributed by atoms with Crippen molar-refractivity contribution in [3.05, 3.63) is 29.8 Å². The number of likely N-dealkylation sites (N-methyl/N-ethyl adjacent to an activating group) is 1. The van der Waals surface area contributed by atoms with Crippen molar-refractivity contribution in [2.24, 2.45) is 10.9 Å². The number of oxime groups is 1. The van der Waals surface area contributed by atoms with E-state index in [1.165, 1.54) is 4.90 Å². The zero-order valence-electron chi connectivity index (χ0n) is 11.5. The van der Waals surface area contributed by atoms with Crippen LogP contribution in [0.3, 0.4) is 0 Å². The molecule has 20 heavy (non-hydrogen) atoms. The van der Waals surface area contributed by atoms with E-state index in [4.69, 9.17) is 20.8 Å². The molecule has 0 spiro atoms. The number of amides is 1. The van der Waals surface area contributed by atoms with Gasteiger partial charge in [0, 0.05) is 7.05 Å². The molecule has 0 fully saturated rings. The Hall–Kier alpha value is -2.28. The summed E-state index contributed by atoms with van der Waals surface area (Å²) < 4.78 is 5.39. The summed E-state index contributed by atoms with van der Waals surface area (Å²) in [5.41, 5.74) is 5.93. The fourth-order valence-electron chi connectivity index (χ4n) is 1.47. The first-order valence-corrected chi connectivity index (χ1v) is 6.07. The van der Waals surface area contributed by atoms with Gasteiger partial charge in [0.05, 0.1) is 18.2 Å². The number of nitrogens with zero attached hydrogens (tertiary/aromatic N) is 2. The molecule has 0 radical (unpaired) electrons. The molecule has 0 heterocycles. The average molecular weight is 281 g/mol. The van der Waals surface area contributed by atoms with Crippen molar-refractivity contribution >= 4 is 11.7 Å². The predicted octanol–water partition coefficient (Wildman–Crippen LogP) is -0.000900. The second kappa shape index (κ2) is 7.34. The number of hydrogen-bond donors (Lipinski definition) is 3. The Bertz CT molecular complexity index is 490. The number of aliphatic hydroxyl groups is 1. The van der Waals surface area contributed by atoms with Crippen LogP contribution in [0.25, 0.3) is 0 Å². The van der Waals surface area contributed by atoms with Gasteiger partial charge in [-0.1, -0.05) is 17.3 Å². The van der Waals surface area contributed by atoms with E-state index in [1.54, 1.807) is 38.2 Å². The van der Waals surface area contributed by atoms with E-state index < -0.39 is 0 Å². The fraction of sp³-hybridized carbons (Fsp3) is 0.385. The number of nitrogens with two attached hydrogens (primary N) is 1. The molecular formula is C13H19N3O4. The zero-order chi connectivity index (χ0) is 15.1. The molecule has 0 aliphatic rings. The van der Waals surface area contributed by atoms with Gasteiger partial charge in [-0.3, -0.25) is 4.79 Å². The van der Waals surface area contributed by atoms with Gasteiger partial charge in [0.15, 0.2) is 12.4 Å². The molecule has 4 N–H and O–H groups in total. The number of amidine groups is 1. The lowest BCUT2D eigenvalue weighted by atomic mass is 10.2. The molecule has 110 valence electrons. The van der Waals surface area contributed by atoms with Crippen LogP contribution in [-0.2, 0) is 4.79 Å². The number of aliphatic hydroxyl groups excluding tert-OH is 1. The number of benzene rings is 1. The maximum atomic E-state index is 11.8. The second-order valence-corrected chi connectivity index (χ2v) is 4.31. The zero-order valence-corrected chi connectivity index (χ0v) is 11.5. The van der Waals surface area contributed by atoms with Gasteiger partial charge >= 0.3 is 0 Å². The molecule has 0 saturated carbocycles. The molecule has 0 saturated heterocycles. The molecule has 0 aromatic heterocycles. The first kappa shape index (κ1) is 15.8. The van der Waals surface area contributed by atoms with E-state index >= 15 is 0 Å². The van der Waals surface area contributed by atoms with Crippen molar-refractivity contribution in [3.8, 4) is 5.75 Å². The highest BCUT2D eigenvalue weighted by Gasteiger charge is 2.16. The van der Waals surface area contributed by atoms with Gasteiger partial charge in [-0.15, -0.1) is 0 Å². The van der Waals surface area contributed by atoms with Gasteiger partial charge < -0.3 is 25.7 Å². The van der Waals surface area contributed by atoms with Crippen LogP contribution in [0.2, 0.25) is 0 Å². The molecule has 7 heteroatoms. The standard InChI is InChI=1S/C13H19N3O4/c1-9(7-17)16(2)12(18)8-20-11-6-4-3-5-10(11)13(14)15-19/h3-6,9,17,19H,7-8H2,1-2H3,(H2,14,15). The fourth-order valence-corrected chi connectivity index (χ4v) is 1.47. The Balaban J connectivity index is 2.74. The van der Waals surface area contributed by atoms with Crippen LogP contribution in [0.4, 0.5) is 0 Å². The van der Waals surface area contributed by atoms with Gasteiger partial charge in [-0.2, -0.15) is 0 Å². The summed E-state index contributed by atoms with van der Waals surface area (Å²) in [7, 11) is 1.59. The molecule has 0 aliphatic heterocycles. The summed E-state index contributed by atoms with van der Waals surface area (Å²) in [4.78, 5) is 13.2. The highest BCUT2D eigenvalue weighted by atomic mass is 16.5. The van der Waals surface area contributed by atoms with Crippen LogP contribution in [0.1, 0.15) is 12.5 Å². The topological polar surface area (TPSA) is 108 Å². The Kier molecular flexibility index (Phi) is 5.79. The van der Waals surface area contributed by atoms with Crippen molar-refractivity contribution in [1.29, 1.82) is 0 Å². The quantitative estimate of drug-likeness (QED) is 0.294. The van der Waals surface area contributed by atoms with E-state index in [0.29, 0.717) is 11.3 Å². The molecular weight excluding hydrogens is 262 g/mol. The Morgan fingerprint density at radius 2 is 2.15 bits per heavy atom. The highest BCUT2D eigenvalue weighted by Crippen LogP contribution is 2.17. The highest BCUT2D eigenvalue weighted by molar-refractivity contribution is 5.99. The second-order valence-electron chi connectivity index (χ2n) is 4.31. The largest absolute Gasteiger partial charge is 0.483 e. The molecule has 7 nitrogen and oxygen atoms in total. The van der Waals surface area contributed by atoms with E-state index in [9.17, 15) is 4.79 Å². The van der Waals surface area contributed by atoms with Crippen LogP contribution in [0.5, 0.6) is 5.75 Å². The van der Waals surface area contributed by atoms with Crippen LogP contribution >= 0.6 is 0 Å². The summed E-state index contributed by atoms with van der Waals surface area (Å²) >= 11 is 0. The number of carbonyl (C=O) groups is 1. The molecule has 1 amide bonds. The molecule has 0 bridgehead atoms. The van der Waals surface area contributed by atoms with Crippen LogP contribution in [-0.4, -0.2) is 53.3 Å².